The van der Waals surface area contributed by atoms with E-state index in [1.165, 1.54) is 23.4 Å². The molecule has 1 atom stereocenters. The van der Waals surface area contributed by atoms with Gasteiger partial charge in [0.25, 0.3) is 0 Å². The Labute approximate surface area is 143 Å². The first-order valence-corrected chi connectivity index (χ1v) is 9.74. The molecule has 1 aliphatic heterocycles. The normalized spacial score (nSPS) is 21.8. The van der Waals surface area contributed by atoms with Crippen molar-refractivity contribution in [3.8, 4) is 0 Å². The van der Waals surface area contributed by atoms with Crippen LogP contribution in [0, 0.1) is 12.8 Å². The molecule has 0 radical (unpaired) electrons. The molecule has 0 unspecified atom stereocenters. The zero-order chi connectivity index (χ0) is 16.4. The van der Waals surface area contributed by atoms with E-state index in [2.05, 4.69) is 42.4 Å². The molecule has 2 aliphatic rings. The molecule has 2 amide bonds. The maximum absolute atomic E-state index is 12.6. The lowest BCUT2D eigenvalue weighted by Crippen LogP contribution is -2.43. The van der Waals surface area contributed by atoms with Gasteiger partial charge in [0.1, 0.15) is 0 Å². The van der Waals surface area contributed by atoms with Crippen LogP contribution in [0.15, 0.2) is 11.4 Å². The van der Waals surface area contributed by atoms with E-state index >= 15 is 0 Å². The minimum Gasteiger partial charge on any atom is -0.338 e. The molecule has 4 nitrogen and oxygen atoms in total. The van der Waals surface area contributed by atoms with Crippen LogP contribution in [0.2, 0.25) is 0 Å². The molecule has 1 N–H and O–H groups in total. The van der Waals surface area contributed by atoms with Gasteiger partial charge in [-0.25, -0.2) is 4.79 Å². The molecule has 1 aromatic rings. The minimum absolute atomic E-state index is 0.128. The number of carbonyl (C=O) groups excluding carboxylic acids is 1. The van der Waals surface area contributed by atoms with Gasteiger partial charge in [-0.2, -0.15) is 0 Å². The molecule has 1 saturated heterocycles. The summed E-state index contributed by atoms with van der Waals surface area (Å²) < 4.78 is 0. The Hall–Kier alpha value is -1.07. The first-order valence-electron chi connectivity index (χ1n) is 8.86. The van der Waals surface area contributed by atoms with Crippen molar-refractivity contribution in [1.29, 1.82) is 0 Å². The van der Waals surface area contributed by atoms with Crippen LogP contribution < -0.4 is 5.32 Å². The van der Waals surface area contributed by atoms with Gasteiger partial charge in [-0.3, -0.25) is 0 Å². The lowest BCUT2D eigenvalue weighted by atomic mass is 10.1. The minimum atomic E-state index is 0.128. The number of rotatable bonds is 6. The number of amides is 2. The Morgan fingerprint density at radius 2 is 2.22 bits per heavy atom. The summed E-state index contributed by atoms with van der Waals surface area (Å²) in [6, 6.07) is 3.33. The predicted molar refractivity (Wildman–Crippen MR) is 95.8 cm³/mol. The Morgan fingerprint density at radius 3 is 2.78 bits per heavy atom. The van der Waals surface area contributed by atoms with Crippen LogP contribution >= 0.6 is 11.3 Å². The van der Waals surface area contributed by atoms with Gasteiger partial charge in [0.05, 0.1) is 6.54 Å². The van der Waals surface area contributed by atoms with Crippen LogP contribution in [-0.4, -0.2) is 47.5 Å². The molecule has 128 valence electrons. The summed E-state index contributed by atoms with van der Waals surface area (Å²) in [4.78, 5) is 18.5. The van der Waals surface area contributed by atoms with Gasteiger partial charge in [-0.15, -0.1) is 11.3 Å². The summed E-state index contributed by atoms with van der Waals surface area (Å²) in [7, 11) is 0. The number of likely N-dealkylation sites (tertiary alicyclic amines) is 1. The van der Waals surface area contributed by atoms with Crippen LogP contribution in [-0.2, 0) is 6.54 Å². The fraction of sp³-hybridized carbons (Fsp3) is 0.722. The number of nitrogens with one attached hydrogen (secondary N) is 1. The quantitative estimate of drug-likeness (QED) is 0.864. The Morgan fingerprint density at radius 1 is 1.43 bits per heavy atom. The first-order chi connectivity index (χ1) is 11.0. The van der Waals surface area contributed by atoms with E-state index in [1.54, 1.807) is 11.3 Å². The SMILES string of the molecule is Cc1ccsc1CN(C(=O)NC[C@@H]1CCN(C(C)C)C1)C1CC1. The maximum Gasteiger partial charge on any atom is 0.317 e. The lowest BCUT2D eigenvalue weighted by Gasteiger charge is -2.24. The molecule has 0 spiro atoms. The predicted octanol–water partition coefficient (Wildman–Crippen LogP) is 3.46. The zero-order valence-corrected chi connectivity index (χ0v) is 15.4. The Kier molecular flexibility index (Phi) is 5.27. The summed E-state index contributed by atoms with van der Waals surface area (Å²) in [6.45, 7) is 10.5. The molecule has 23 heavy (non-hydrogen) atoms. The number of thiophene rings is 1. The zero-order valence-electron chi connectivity index (χ0n) is 14.5. The van der Waals surface area contributed by atoms with Gasteiger partial charge in [-0.05, 0) is 69.5 Å². The number of hydrogen-bond acceptors (Lipinski definition) is 3. The largest absolute Gasteiger partial charge is 0.338 e. The van der Waals surface area contributed by atoms with Crippen molar-refractivity contribution < 1.29 is 4.79 Å². The van der Waals surface area contributed by atoms with Crippen molar-refractivity contribution in [3.63, 3.8) is 0 Å². The van der Waals surface area contributed by atoms with Crippen molar-refractivity contribution in [1.82, 2.24) is 15.1 Å². The van der Waals surface area contributed by atoms with Gasteiger partial charge in [0, 0.05) is 30.1 Å². The van der Waals surface area contributed by atoms with Gasteiger partial charge >= 0.3 is 6.03 Å². The molecular weight excluding hydrogens is 306 g/mol. The third kappa shape index (κ3) is 4.27. The molecule has 1 aromatic heterocycles. The summed E-state index contributed by atoms with van der Waals surface area (Å²) in [6.07, 6.45) is 3.51. The monoisotopic (exact) mass is 335 g/mol. The van der Waals surface area contributed by atoms with Crippen molar-refractivity contribution in [2.24, 2.45) is 5.92 Å². The molecule has 1 aliphatic carbocycles. The van der Waals surface area contributed by atoms with Gasteiger partial charge in [0.2, 0.25) is 0 Å². The third-order valence-electron chi connectivity index (χ3n) is 5.12. The standard InChI is InChI=1S/C18H29N3OS/c1-13(2)20-8-6-15(11-20)10-19-18(22)21(16-4-5-16)12-17-14(3)7-9-23-17/h7,9,13,15-16H,4-6,8,10-12H2,1-3H3,(H,19,22)/t15-/m0/s1. The van der Waals surface area contributed by atoms with E-state index in [4.69, 9.17) is 0 Å². The highest BCUT2D eigenvalue weighted by Crippen LogP contribution is 2.30. The summed E-state index contributed by atoms with van der Waals surface area (Å²) in [5, 5.41) is 5.32. The van der Waals surface area contributed by atoms with E-state index in [0.717, 1.165) is 32.5 Å². The molecule has 1 saturated carbocycles. The van der Waals surface area contributed by atoms with Crippen LogP contribution in [0.1, 0.15) is 43.6 Å². The molecule has 2 fully saturated rings. The van der Waals surface area contributed by atoms with Gasteiger partial charge < -0.3 is 15.1 Å². The first kappa shape index (κ1) is 16.8. The average molecular weight is 336 g/mol. The lowest BCUT2D eigenvalue weighted by molar-refractivity contribution is 0.190. The number of urea groups is 1. The second-order valence-corrected chi connectivity index (χ2v) is 8.32. The number of nitrogens with zero attached hydrogens (tertiary/aromatic N) is 2. The molecular formula is C18H29N3OS. The van der Waals surface area contributed by atoms with E-state index in [9.17, 15) is 4.79 Å². The van der Waals surface area contributed by atoms with E-state index in [1.807, 2.05) is 4.90 Å². The fourth-order valence-electron chi connectivity index (χ4n) is 3.31. The van der Waals surface area contributed by atoms with Gasteiger partial charge in [0.15, 0.2) is 0 Å². The fourth-order valence-corrected chi connectivity index (χ4v) is 4.21. The average Bonchev–Trinajstić information content (AvgIpc) is 3.09. The maximum atomic E-state index is 12.6. The van der Waals surface area contributed by atoms with Crippen LogP contribution in [0.4, 0.5) is 4.79 Å². The summed E-state index contributed by atoms with van der Waals surface area (Å²) in [5.41, 5.74) is 1.30. The highest BCUT2D eigenvalue weighted by Gasteiger charge is 2.33. The second kappa shape index (κ2) is 7.22. The number of hydrogen-bond donors (Lipinski definition) is 1. The molecule has 2 heterocycles. The summed E-state index contributed by atoms with van der Waals surface area (Å²) >= 11 is 1.76. The molecule has 3 rings (SSSR count). The highest BCUT2D eigenvalue weighted by molar-refractivity contribution is 7.10. The molecule has 0 bridgehead atoms. The van der Waals surface area contributed by atoms with Crippen molar-refractivity contribution in [3.05, 3.63) is 21.9 Å². The second-order valence-electron chi connectivity index (χ2n) is 7.32. The van der Waals surface area contributed by atoms with Crippen molar-refractivity contribution >= 4 is 17.4 Å². The summed E-state index contributed by atoms with van der Waals surface area (Å²) in [5.74, 6) is 0.603. The van der Waals surface area contributed by atoms with Crippen LogP contribution in [0.5, 0.6) is 0 Å². The Balaban J connectivity index is 1.50. The molecule has 5 heteroatoms. The third-order valence-corrected chi connectivity index (χ3v) is 6.13. The van der Waals surface area contributed by atoms with E-state index < -0.39 is 0 Å². The number of carbonyl (C=O) groups is 1. The van der Waals surface area contributed by atoms with Gasteiger partial charge in [-0.1, -0.05) is 0 Å². The van der Waals surface area contributed by atoms with Crippen LogP contribution in [0.3, 0.4) is 0 Å². The van der Waals surface area contributed by atoms with E-state index in [-0.39, 0.29) is 6.03 Å². The topological polar surface area (TPSA) is 35.6 Å². The van der Waals surface area contributed by atoms with Crippen LogP contribution in [0.25, 0.3) is 0 Å². The molecule has 0 aromatic carbocycles. The highest BCUT2D eigenvalue weighted by atomic mass is 32.1. The number of aryl methyl sites for hydroxylation is 1. The van der Waals surface area contributed by atoms with E-state index in [0.29, 0.717) is 18.0 Å². The smallest absolute Gasteiger partial charge is 0.317 e. The van der Waals surface area contributed by atoms with Crippen molar-refractivity contribution in [2.45, 2.75) is 58.7 Å². The van der Waals surface area contributed by atoms with Crippen molar-refractivity contribution in [2.75, 3.05) is 19.6 Å². The Bertz CT molecular complexity index is 538.